The molecule has 0 aliphatic heterocycles. The molecule has 0 saturated heterocycles. The molecule has 0 aliphatic rings. The van der Waals surface area contributed by atoms with Crippen molar-refractivity contribution in [2.24, 2.45) is 0 Å². The van der Waals surface area contributed by atoms with Gasteiger partial charge in [-0.15, -0.1) is 0 Å². The van der Waals surface area contributed by atoms with Crippen molar-refractivity contribution in [3.8, 4) is 5.82 Å². The smallest absolute Gasteiger partial charge is 0.141 e. The number of benzene rings is 1. The van der Waals surface area contributed by atoms with Gasteiger partial charge >= 0.3 is 0 Å². The molecule has 0 N–H and O–H groups in total. The van der Waals surface area contributed by atoms with Gasteiger partial charge in [-0.2, -0.15) is 0 Å². The molecule has 0 spiro atoms. The number of aromatic nitrogens is 6. The number of halogens is 1. The number of hydrogen-bond donors (Lipinski definition) is 0. The molecule has 0 saturated carbocycles. The Morgan fingerprint density at radius 1 is 1.03 bits per heavy atom. The third kappa shape index (κ3) is 4.68. The van der Waals surface area contributed by atoms with Gasteiger partial charge in [0.1, 0.15) is 23.8 Å². The first-order valence-electron chi connectivity index (χ1n) is 9.45. The van der Waals surface area contributed by atoms with E-state index in [1.54, 1.807) is 24.9 Å². The van der Waals surface area contributed by atoms with Gasteiger partial charge in [-0.3, -0.25) is 14.5 Å². The van der Waals surface area contributed by atoms with Gasteiger partial charge in [0.2, 0.25) is 0 Å². The van der Waals surface area contributed by atoms with Crippen LogP contribution in [0, 0.1) is 12.7 Å². The standard InChI is InChI=1S/C22H21FN6/c1-15(17-3-5-18(23)6-4-17)9-21-27-19(10-20-12-24-7-8-25-20)11-22(28-21)29-13-16(2)26-14-29/h3-8,11-15H,9-10H2,1-2H3/t15-/m1/s1. The predicted molar refractivity (Wildman–Crippen MR) is 107 cm³/mol. The van der Waals surface area contributed by atoms with E-state index in [-0.39, 0.29) is 11.7 Å². The molecule has 29 heavy (non-hydrogen) atoms. The van der Waals surface area contributed by atoms with Crippen molar-refractivity contribution in [2.45, 2.75) is 32.6 Å². The summed E-state index contributed by atoms with van der Waals surface area (Å²) in [6.45, 7) is 4.03. The van der Waals surface area contributed by atoms with Crippen LogP contribution in [0.5, 0.6) is 0 Å². The van der Waals surface area contributed by atoms with Crippen molar-refractivity contribution < 1.29 is 4.39 Å². The second-order valence-corrected chi connectivity index (χ2v) is 7.09. The first kappa shape index (κ1) is 18.9. The fourth-order valence-electron chi connectivity index (χ4n) is 3.19. The highest BCUT2D eigenvalue weighted by molar-refractivity contribution is 5.29. The molecule has 7 heteroatoms. The number of rotatable bonds is 6. The third-order valence-electron chi connectivity index (χ3n) is 4.69. The van der Waals surface area contributed by atoms with Crippen LogP contribution in [0.3, 0.4) is 0 Å². The molecule has 3 aromatic heterocycles. The average Bonchev–Trinajstić information content (AvgIpc) is 3.15. The van der Waals surface area contributed by atoms with Gasteiger partial charge < -0.3 is 0 Å². The Bertz CT molecular complexity index is 1090. The summed E-state index contributed by atoms with van der Waals surface area (Å²) in [5, 5.41) is 0. The van der Waals surface area contributed by atoms with Crippen molar-refractivity contribution in [1.29, 1.82) is 0 Å². The molecule has 0 unspecified atom stereocenters. The van der Waals surface area contributed by atoms with Gasteiger partial charge in [-0.05, 0) is 30.5 Å². The number of aryl methyl sites for hydroxylation is 1. The van der Waals surface area contributed by atoms with Gasteiger partial charge in [0.25, 0.3) is 0 Å². The van der Waals surface area contributed by atoms with Crippen molar-refractivity contribution in [2.75, 3.05) is 0 Å². The summed E-state index contributed by atoms with van der Waals surface area (Å²) >= 11 is 0. The van der Waals surface area contributed by atoms with Crippen LogP contribution in [-0.4, -0.2) is 29.5 Å². The predicted octanol–water partition coefficient (Wildman–Crippen LogP) is 3.84. The summed E-state index contributed by atoms with van der Waals surface area (Å²) in [4.78, 5) is 22.3. The van der Waals surface area contributed by atoms with Crippen molar-refractivity contribution in [1.82, 2.24) is 29.5 Å². The molecule has 1 atom stereocenters. The monoisotopic (exact) mass is 388 g/mol. The van der Waals surface area contributed by atoms with Crippen LogP contribution < -0.4 is 0 Å². The highest BCUT2D eigenvalue weighted by Gasteiger charge is 2.13. The number of imidazole rings is 1. The van der Waals surface area contributed by atoms with Crippen LogP contribution in [-0.2, 0) is 12.8 Å². The van der Waals surface area contributed by atoms with E-state index in [1.807, 2.05) is 35.9 Å². The summed E-state index contributed by atoms with van der Waals surface area (Å²) in [7, 11) is 0. The number of nitrogens with zero attached hydrogens (tertiary/aromatic N) is 6. The van der Waals surface area contributed by atoms with Crippen LogP contribution in [0.1, 0.15) is 41.3 Å². The fraction of sp³-hybridized carbons (Fsp3) is 0.227. The van der Waals surface area contributed by atoms with E-state index in [2.05, 4.69) is 21.9 Å². The summed E-state index contributed by atoms with van der Waals surface area (Å²) in [5.41, 5.74) is 3.68. The summed E-state index contributed by atoms with van der Waals surface area (Å²) < 4.78 is 15.1. The first-order chi connectivity index (χ1) is 14.1. The minimum absolute atomic E-state index is 0.153. The molecule has 4 aromatic rings. The lowest BCUT2D eigenvalue weighted by atomic mass is 9.97. The quantitative estimate of drug-likeness (QED) is 0.502. The van der Waals surface area contributed by atoms with Crippen LogP contribution >= 0.6 is 0 Å². The van der Waals surface area contributed by atoms with Crippen LogP contribution in [0.15, 0.2) is 61.4 Å². The highest BCUT2D eigenvalue weighted by Crippen LogP contribution is 2.21. The first-order valence-corrected chi connectivity index (χ1v) is 9.45. The molecule has 0 amide bonds. The van der Waals surface area contributed by atoms with E-state index in [9.17, 15) is 4.39 Å². The average molecular weight is 388 g/mol. The van der Waals surface area contributed by atoms with E-state index >= 15 is 0 Å². The maximum atomic E-state index is 13.2. The maximum Gasteiger partial charge on any atom is 0.141 e. The zero-order valence-corrected chi connectivity index (χ0v) is 16.3. The third-order valence-corrected chi connectivity index (χ3v) is 4.69. The summed E-state index contributed by atoms with van der Waals surface area (Å²) in [5.74, 6) is 1.41. The van der Waals surface area contributed by atoms with Crippen LogP contribution in [0.25, 0.3) is 5.82 Å². The van der Waals surface area contributed by atoms with E-state index in [4.69, 9.17) is 9.97 Å². The Hall–Kier alpha value is -3.48. The zero-order valence-electron chi connectivity index (χ0n) is 16.3. The van der Waals surface area contributed by atoms with E-state index in [1.165, 1.54) is 12.1 Å². The Labute approximate surface area is 168 Å². The van der Waals surface area contributed by atoms with E-state index in [0.29, 0.717) is 12.8 Å². The maximum absolute atomic E-state index is 13.2. The molecule has 3 heterocycles. The fourth-order valence-corrected chi connectivity index (χ4v) is 3.19. The molecule has 0 radical (unpaired) electrons. The summed E-state index contributed by atoms with van der Waals surface area (Å²) in [6, 6.07) is 8.53. The second-order valence-electron chi connectivity index (χ2n) is 7.09. The second kappa shape index (κ2) is 8.26. The molecule has 1 aromatic carbocycles. The molecule has 146 valence electrons. The Morgan fingerprint density at radius 2 is 1.86 bits per heavy atom. The topological polar surface area (TPSA) is 69.4 Å². The van der Waals surface area contributed by atoms with Crippen LogP contribution in [0.2, 0.25) is 0 Å². The van der Waals surface area contributed by atoms with Crippen molar-refractivity contribution in [3.05, 3.63) is 95.7 Å². The zero-order chi connectivity index (χ0) is 20.2. The molecule has 0 bridgehead atoms. The minimum atomic E-state index is -0.235. The summed E-state index contributed by atoms with van der Waals surface area (Å²) in [6.07, 6.45) is 9.95. The van der Waals surface area contributed by atoms with Gasteiger partial charge in [0.05, 0.1) is 17.1 Å². The molecule has 6 nitrogen and oxygen atoms in total. The minimum Gasteiger partial charge on any atom is -0.290 e. The lowest BCUT2D eigenvalue weighted by molar-refractivity contribution is 0.624. The van der Waals surface area contributed by atoms with Crippen LogP contribution in [0.4, 0.5) is 4.39 Å². The van der Waals surface area contributed by atoms with E-state index in [0.717, 1.165) is 34.3 Å². The molecular weight excluding hydrogens is 367 g/mol. The van der Waals surface area contributed by atoms with Gasteiger partial charge in [-0.1, -0.05) is 19.1 Å². The van der Waals surface area contributed by atoms with Gasteiger partial charge in [0, 0.05) is 43.7 Å². The van der Waals surface area contributed by atoms with Gasteiger partial charge in [0.15, 0.2) is 0 Å². The SMILES string of the molecule is Cc1cn(-c2cc(Cc3cnccn3)nc(C[C@@H](C)c3ccc(F)cc3)n2)cn1. The molecule has 0 aliphatic carbocycles. The Morgan fingerprint density at radius 3 is 2.55 bits per heavy atom. The molecule has 4 rings (SSSR count). The Kier molecular flexibility index (Phi) is 5.37. The largest absolute Gasteiger partial charge is 0.290 e. The lowest BCUT2D eigenvalue weighted by Gasteiger charge is -2.13. The van der Waals surface area contributed by atoms with Crippen molar-refractivity contribution >= 4 is 0 Å². The lowest BCUT2D eigenvalue weighted by Crippen LogP contribution is -2.09. The molecular formula is C22H21FN6. The number of hydrogen-bond acceptors (Lipinski definition) is 5. The van der Waals surface area contributed by atoms with Crippen molar-refractivity contribution in [3.63, 3.8) is 0 Å². The molecule has 0 fully saturated rings. The normalized spacial score (nSPS) is 12.1. The van der Waals surface area contributed by atoms with E-state index < -0.39 is 0 Å². The Balaban J connectivity index is 1.66. The highest BCUT2D eigenvalue weighted by atomic mass is 19.1. The van der Waals surface area contributed by atoms with Gasteiger partial charge in [-0.25, -0.2) is 19.3 Å².